The number of anilines is 3. The van der Waals surface area contributed by atoms with E-state index in [2.05, 4.69) is 15.6 Å². The Labute approximate surface area is 160 Å². The molecular weight excluding hydrogens is 366 g/mol. The maximum absolute atomic E-state index is 12.7. The Hall–Kier alpha value is -3.26. The summed E-state index contributed by atoms with van der Waals surface area (Å²) in [6.45, 7) is 0. The fraction of sp³-hybridized carbons (Fsp3) is 0.158. The summed E-state index contributed by atoms with van der Waals surface area (Å²) in [7, 11) is 4.58. The zero-order valence-corrected chi connectivity index (χ0v) is 15.9. The normalized spacial score (nSPS) is 10.2. The topological polar surface area (TPSA) is 81.7 Å². The van der Waals surface area contributed by atoms with Crippen LogP contribution in [0.15, 0.2) is 48.0 Å². The molecule has 0 saturated heterocycles. The molecule has 0 fully saturated rings. The second kappa shape index (κ2) is 8.41. The lowest BCUT2D eigenvalue weighted by Crippen LogP contribution is -2.12. The van der Waals surface area contributed by atoms with Crippen LogP contribution in [0.4, 0.5) is 16.5 Å². The average Bonchev–Trinajstić information content (AvgIpc) is 3.20. The minimum Gasteiger partial charge on any atom is -0.493 e. The van der Waals surface area contributed by atoms with Crippen molar-refractivity contribution in [3.8, 4) is 17.2 Å². The van der Waals surface area contributed by atoms with Gasteiger partial charge >= 0.3 is 0 Å². The van der Waals surface area contributed by atoms with E-state index in [0.29, 0.717) is 28.5 Å². The van der Waals surface area contributed by atoms with Gasteiger partial charge in [0.2, 0.25) is 5.75 Å². The van der Waals surface area contributed by atoms with Crippen molar-refractivity contribution in [1.82, 2.24) is 4.98 Å². The number of hydrogen-bond donors (Lipinski definition) is 2. The van der Waals surface area contributed by atoms with Gasteiger partial charge in [-0.25, -0.2) is 4.98 Å². The summed E-state index contributed by atoms with van der Waals surface area (Å²) in [4.78, 5) is 16.8. The van der Waals surface area contributed by atoms with Crippen LogP contribution < -0.4 is 24.8 Å². The number of methoxy groups -OCH3 is 3. The van der Waals surface area contributed by atoms with Gasteiger partial charge in [-0.2, -0.15) is 0 Å². The molecule has 140 valence electrons. The second-order valence-electron chi connectivity index (χ2n) is 5.41. The van der Waals surface area contributed by atoms with E-state index in [-0.39, 0.29) is 5.91 Å². The summed E-state index contributed by atoms with van der Waals surface area (Å²) in [5.74, 6) is 1.14. The molecule has 0 atom stereocenters. The van der Waals surface area contributed by atoms with Crippen molar-refractivity contribution in [2.45, 2.75) is 0 Å². The quantitative estimate of drug-likeness (QED) is 0.635. The van der Waals surface area contributed by atoms with E-state index >= 15 is 0 Å². The van der Waals surface area contributed by atoms with Gasteiger partial charge in [0.15, 0.2) is 16.6 Å². The van der Waals surface area contributed by atoms with Gasteiger partial charge < -0.3 is 24.8 Å². The molecule has 0 aliphatic rings. The summed E-state index contributed by atoms with van der Waals surface area (Å²) in [6.07, 6.45) is 1.72. The van der Waals surface area contributed by atoms with Crippen molar-refractivity contribution in [2.24, 2.45) is 0 Å². The van der Waals surface area contributed by atoms with Crippen molar-refractivity contribution < 1.29 is 19.0 Å². The maximum Gasteiger partial charge on any atom is 0.255 e. The molecule has 0 bridgehead atoms. The Morgan fingerprint density at radius 2 is 1.74 bits per heavy atom. The lowest BCUT2D eigenvalue weighted by Gasteiger charge is -2.14. The summed E-state index contributed by atoms with van der Waals surface area (Å²) < 4.78 is 15.9. The SMILES string of the molecule is COc1cc(NC(=O)c2cccc(Nc3nccs3)c2)cc(OC)c1OC. The molecule has 3 rings (SSSR count). The number of aromatic nitrogens is 1. The highest BCUT2D eigenvalue weighted by molar-refractivity contribution is 7.13. The minimum absolute atomic E-state index is 0.257. The largest absolute Gasteiger partial charge is 0.493 e. The van der Waals surface area contributed by atoms with E-state index in [1.54, 1.807) is 36.5 Å². The molecule has 0 aliphatic carbocycles. The number of carbonyl (C=O) groups excluding carboxylic acids is 1. The van der Waals surface area contributed by atoms with Crippen LogP contribution in [-0.2, 0) is 0 Å². The van der Waals surface area contributed by atoms with E-state index < -0.39 is 0 Å². The zero-order chi connectivity index (χ0) is 19.2. The van der Waals surface area contributed by atoms with Crippen LogP contribution in [0.3, 0.4) is 0 Å². The monoisotopic (exact) mass is 385 g/mol. The number of carbonyl (C=O) groups is 1. The van der Waals surface area contributed by atoms with Crippen molar-refractivity contribution >= 4 is 33.8 Å². The molecule has 8 heteroatoms. The van der Waals surface area contributed by atoms with Gasteiger partial charge in [-0.05, 0) is 18.2 Å². The van der Waals surface area contributed by atoms with E-state index in [9.17, 15) is 4.79 Å². The van der Waals surface area contributed by atoms with Gasteiger partial charge in [0.1, 0.15) is 0 Å². The summed E-state index contributed by atoms with van der Waals surface area (Å²) >= 11 is 1.48. The van der Waals surface area contributed by atoms with E-state index in [1.807, 2.05) is 11.4 Å². The van der Waals surface area contributed by atoms with E-state index in [0.717, 1.165) is 10.8 Å². The number of nitrogens with one attached hydrogen (secondary N) is 2. The van der Waals surface area contributed by atoms with Gasteiger partial charge in [0.05, 0.1) is 21.3 Å². The van der Waals surface area contributed by atoms with Gasteiger partial charge in [0.25, 0.3) is 5.91 Å². The van der Waals surface area contributed by atoms with Crippen molar-refractivity contribution in [1.29, 1.82) is 0 Å². The fourth-order valence-electron chi connectivity index (χ4n) is 2.50. The number of rotatable bonds is 7. The molecule has 0 spiro atoms. The highest BCUT2D eigenvalue weighted by Gasteiger charge is 2.15. The van der Waals surface area contributed by atoms with Crippen LogP contribution in [0.2, 0.25) is 0 Å². The molecule has 3 aromatic rings. The van der Waals surface area contributed by atoms with Crippen LogP contribution in [0.25, 0.3) is 0 Å². The van der Waals surface area contributed by atoms with Crippen molar-refractivity contribution in [3.63, 3.8) is 0 Å². The molecule has 2 N–H and O–H groups in total. The molecule has 0 radical (unpaired) electrons. The first kappa shape index (κ1) is 18.5. The third kappa shape index (κ3) is 4.29. The number of amides is 1. The number of nitrogens with zero attached hydrogens (tertiary/aromatic N) is 1. The molecule has 0 aliphatic heterocycles. The zero-order valence-electron chi connectivity index (χ0n) is 15.1. The lowest BCUT2D eigenvalue weighted by molar-refractivity contribution is 0.102. The highest BCUT2D eigenvalue weighted by atomic mass is 32.1. The minimum atomic E-state index is -0.257. The summed E-state index contributed by atoms with van der Waals surface area (Å²) in [6, 6.07) is 10.5. The predicted molar refractivity (Wildman–Crippen MR) is 106 cm³/mol. The number of hydrogen-bond acceptors (Lipinski definition) is 7. The van der Waals surface area contributed by atoms with Crippen LogP contribution >= 0.6 is 11.3 Å². The Bertz CT molecular complexity index is 903. The standard InChI is InChI=1S/C19H19N3O4S/c1-24-15-10-14(11-16(25-2)17(15)26-3)21-18(23)12-5-4-6-13(9-12)22-19-20-7-8-27-19/h4-11H,1-3H3,(H,20,22)(H,21,23). The Morgan fingerprint density at radius 3 is 2.33 bits per heavy atom. The highest BCUT2D eigenvalue weighted by Crippen LogP contribution is 2.40. The Balaban J connectivity index is 1.81. The molecule has 0 unspecified atom stereocenters. The first-order valence-corrected chi connectivity index (χ1v) is 8.90. The van der Waals surface area contributed by atoms with Gasteiger partial charge in [-0.1, -0.05) is 6.07 Å². The third-order valence-electron chi connectivity index (χ3n) is 3.73. The van der Waals surface area contributed by atoms with E-state index in [4.69, 9.17) is 14.2 Å². The smallest absolute Gasteiger partial charge is 0.255 e. The Morgan fingerprint density at radius 1 is 1.00 bits per heavy atom. The van der Waals surface area contributed by atoms with Crippen LogP contribution in [-0.4, -0.2) is 32.2 Å². The van der Waals surface area contributed by atoms with Crippen LogP contribution in [0.1, 0.15) is 10.4 Å². The number of ether oxygens (including phenoxy) is 3. The molecule has 0 saturated carbocycles. The fourth-order valence-corrected chi connectivity index (χ4v) is 3.05. The molecule has 27 heavy (non-hydrogen) atoms. The number of thiazole rings is 1. The first-order chi connectivity index (χ1) is 13.1. The molecular formula is C19H19N3O4S. The predicted octanol–water partition coefficient (Wildman–Crippen LogP) is 4.16. The summed E-state index contributed by atoms with van der Waals surface area (Å²) in [5.41, 5.74) is 1.82. The Kier molecular flexibility index (Phi) is 5.77. The van der Waals surface area contributed by atoms with Crippen LogP contribution in [0, 0.1) is 0 Å². The van der Waals surface area contributed by atoms with Gasteiger partial charge in [0, 0.05) is 40.6 Å². The van der Waals surface area contributed by atoms with Crippen LogP contribution in [0.5, 0.6) is 17.2 Å². The molecule has 1 amide bonds. The molecule has 1 heterocycles. The van der Waals surface area contributed by atoms with Gasteiger partial charge in [-0.15, -0.1) is 11.3 Å². The first-order valence-electron chi connectivity index (χ1n) is 8.02. The average molecular weight is 385 g/mol. The second-order valence-corrected chi connectivity index (χ2v) is 6.31. The van der Waals surface area contributed by atoms with Crippen molar-refractivity contribution in [2.75, 3.05) is 32.0 Å². The van der Waals surface area contributed by atoms with Gasteiger partial charge in [-0.3, -0.25) is 4.79 Å². The van der Waals surface area contributed by atoms with Crippen molar-refractivity contribution in [3.05, 3.63) is 53.5 Å². The maximum atomic E-state index is 12.7. The van der Waals surface area contributed by atoms with E-state index in [1.165, 1.54) is 32.7 Å². The lowest BCUT2D eigenvalue weighted by atomic mass is 10.1. The third-order valence-corrected chi connectivity index (χ3v) is 4.42. The molecule has 7 nitrogen and oxygen atoms in total. The molecule has 2 aromatic carbocycles. The number of benzene rings is 2. The summed E-state index contributed by atoms with van der Waals surface area (Å²) in [5, 5.41) is 8.65. The molecule has 1 aromatic heterocycles.